The average Bonchev–Trinajstić information content (AvgIpc) is 2.63. The Kier molecular flexibility index (Phi) is 13.3. The minimum Gasteiger partial charge on any atom is -0.299 e. The highest BCUT2D eigenvalue weighted by atomic mass is 16.1. The SMILES string of the molecule is CCCCCCCCCCCCCCC(C)C(=O)Cc1ccccc1. The predicted molar refractivity (Wildman–Crippen MR) is 110 cm³/mol. The molecule has 25 heavy (non-hydrogen) atoms. The molecule has 0 radical (unpaired) electrons. The molecule has 0 aromatic heterocycles. The molecule has 1 nitrogen and oxygen atoms in total. The van der Waals surface area contributed by atoms with Crippen molar-refractivity contribution in [3.8, 4) is 0 Å². The van der Waals surface area contributed by atoms with E-state index in [9.17, 15) is 4.79 Å². The van der Waals surface area contributed by atoms with E-state index < -0.39 is 0 Å². The van der Waals surface area contributed by atoms with Gasteiger partial charge in [0.25, 0.3) is 0 Å². The van der Waals surface area contributed by atoms with Gasteiger partial charge in [0.15, 0.2) is 0 Å². The number of hydrogen-bond donors (Lipinski definition) is 0. The minimum atomic E-state index is 0.211. The van der Waals surface area contributed by atoms with Crippen LogP contribution in [0.4, 0.5) is 0 Å². The Morgan fingerprint density at radius 1 is 0.760 bits per heavy atom. The zero-order valence-corrected chi connectivity index (χ0v) is 16.8. The maximum Gasteiger partial charge on any atom is 0.140 e. The second kappa shape index (κ2) is 15.2. The van der Waals surface area contributed by atoms with Crippen LogP contribution in [-0.2, 0) is 11.2 Å². The van der Waals surface area contributed by atoms with E-state index in [-0.39, 0.29) is 5.92 Å². The fraction of sp³-hybridized carbons (Fsp3) is 0.708. The number of Topliss-reactive ketones (excluding diaryl/α,β-unsaturated/α-hetero) is 1. The summed E-state index contributed by atoms with van der Waals surface area (Å²) in [5.74, 6) is 0.609. The van der Waals surface area contributed by atoms with E-state index in [0.29, 0.717) is 12.2 Å². The van der Waals surface area contributed by atoms with Gasteiger partial charge >= 0.3 is 0 Å². The number of unbranched alkanes of at least 4 members (excludes halogenated alkanes) is 11. The Hall–Kier alpha value is -1.11. The summed E-state index contributed by atoms with van der Waals surface area (Å²) < 4.78 is 0. The molecule has 0 N–H and O–H groups in total. The van der Waals surface area contributed by atoms with Gasteiger partial charge in [-0.1, -0.05) is 121 Å². The van der Waals surface area contributed by atoms with Crippen LogP contribution in [0.15, 0.2) is 30.3 Å². The Balaban J connectivity index is 1.91. The third-order valence-electron chi connectivity index (χ3n) is 5.26. The molecule has 1 rings (SSSR count). The zero-order valence-electron chi connectivity index (χ0n) is 16.8. The number of hydrogen-bond acceptors (Lipinski definition) is 1. The predicted octanol–water partition coefficient (Wildman–Crippen LogP) is 7.53. The molecule has 0 amide bonds. The first kappa shape index (κ1) is 21.9. The van der Waals surface area contributed by atoms with Gasteiger partial charge in [0.1, 0.15) is 5.78 Å². The van der Waals surface area contributed by atoms with Crippen molar-refractivity contribution in [2.45, 2.75) is 104 Å². The monoisotopic (exact) mass is 344 g/mol. The van der Waals surface area contributed by atoms with E-state index in [1.807, 2.05) is 18.2 Å². The second-order valence-electron chi connectivity index (χ2n) is 7.71. The quantitative estimate of drug-likeness (QED) is 0.283. The molecular formula is C24H40O. The summed E-state index contributed by atoms with van der Waals surface area (Å²) in [4.78, 5) is 12.2. The average molecular weight is 345 g/mol. The molecule has 0 aliphatic carbocycles. The molecule has 1 unspecified atom stereocenters. The van der Waals surface area contributed by atoms with Gasteiger partial charge < -0.3 is 0 Å². The van der Waals surface area contributed by atoms with Crippen LogP contribution in [0.2, 0.25) is 0 Å². The fourth-order valence-corrected chi connectivity index (χ4v) is 3.42. The number of ketones is 1. The van der Waals surface area contributed by atoms with E-state index >= 15 is 0 Å². The fourth-order valence-electron chi connectivity index (χ4n) is 3.42. The summed E-state index contributed by atoms with van der Waals surface area (Å²) in [6.45, 7) is 4.38. The van der Waals surface area contributed by atoms with E-state index in [1.165, 1.54) is 77.0 Å². The summed E-state index contributed by atoms with van der Waals surface area (Å²) in [5, 5.41) is 0. The molecule has 1 heteroatoms. The number of carbonyl (C=O) groups excluding carboxylic acids is 1. The van der Waals surface area contributed by atoms with E-state index in [2.05, 4.69) is 26.0 Å². The van der Waals surface area contributed by atoms with Crippen LogP contribution < -0.4 is 0 Å². The molecule has 0 spiro atoms. The first-order valence-electron chi connectivity index (χ1n) is 10.8. The van der Waals surface area contributed by atoms with Crippen molar-refractivity contribution >= 4 is 5.78 Å². The lowest BCUT2D eigenvalue weighted by atomic mass is 9.94. The molecule has 0 fully saturated rings. The maximum atomic E-state index is 12.2. The van der Waals surface area contributed by atoms with Crippen molar-refractivity contribution in [3.63, 3.8) is 0 Å². The highest BCUT2D eigenvalue weighted by molar-refractivity contribution is 5.82. The van der Waals surface area contributed by atoms with Crippen LogP contribution in [-0.4, -0.2) is 5.78 Å². The van der Waals surface area contributed by atoms with Gasteiger partial charge in [0.05, 0.1) is 0 Å². The van der Waals surface area contributed by atoms with Crippen LogP contribution in [0.25, 0.3) is 0 Å². The molecule has 1 aromatic rings. The maximum absolute atomic E-state index is 12.2. The van der Waals surface area contributed by atoms with Crippen LogP contribution in [0.5, 0.6) is 0 Å². The van der Waals surface area contributed by atoms with Gasteiger partial charge in [-0.2, -0.15) is 0 Å². The Labute approximate surface area is 156 Å². The smallest absolute Gasteiger partial charge is 0.140 e. The van der Waals surface area contributed by atoms with Gasteiger partial charge in [0.2, 0.25) is 0 Å². The first-order valence-corrected chi connectivity index (χ1v) is 10.8. The van der Waals surface area contributed by atoms with E-state index in [1.54, 1.807) is 0 Å². The number of benzene rings is 1. The molecule has 0 bridgehead atoms. The standard InChI is InChI=1S/C24H40O/c1-3-4-5-6-7-8-9-10-11-12-13-15-18-22(2)24(25)21-23-19-16-14-17-20-23/h14,16-17,19-20,22H,3-13,15,18,21H2,1-2H3. The summed E-state index contributed by atoms with van der Waals surface area (Å²) in [7, 11) is 0. The lowest BCUT2D eigenvalue weighted by molar-refractivity contribution is -0.121. The normalized spacial score (nSPS) is 12.2. The Morgan fingerprint density at radius 3 is 1.76 bits per heavy atom. The van der Waals surface area contributed by atoms with Gasteiger partial charge in [-0.25, -0.2) is 0 Å². The third kappa shape index (κ3) is 12.0. The van der Waals surface area contributed by atoms with Gasteiger partial charge in [0, 0.05) is 12.3 Å². The molecular weight excluding hydrogens is 304 g/mol. The minimum absolute atomic E-state index is 0.211. The lowest BCUT2D eigenvalue weighted by Gasteiger charge is -2.10. The van der Waals surface area contributed by atoms with Crippen LogP contribution in [0.1, 0.15) is 103 Å². The molecule has 0 aliphatic rings. The number of rotatable bonds is 16. The number of carbonyl (C=O) groups is 1. The van der Waals surface area contributed by atoms with Gasteiger partial charge in [-0.05, 0) is 12.0 Å². The summed E-state index contributed by atoms with van der Waals surface area (Å²) in [6, 6.07) is 10.1. The summed E-state index contributed by atoms with van der Waals surface area (Å²) in [5.41, 5.74) is 1.15. The van der Waals surface area contributed by atoms with Crippen molar-refractivity contribution in [1.29, 1.82) is 0 Å². The van der Waals surface area contributed by atoms with Crippen LogP contribution >= 0.6 is 0 Å². The van der Waals surface area contributed by atoms with Gasteiger partial charge in [-0.3, -0.25) is 4.79 Å². The van der Waals surface area contributed by atoms with Crippen molar-refractivity contribution in [2.24, 2.45) is 5.92 Å². The highest BCUT2D eigenvalue weighted by Gasteiger charge is 2.12. The molecule has 0 aliphatic heterocycles. The molecule has 0 heterocycles. The second-order valence-corrected chi connectivity index (χ2v) is 7.71. The van der Waals surface area contributed by atoms with Crippen LogP contribution in [0, 0.1) is 5.92 Å². The lowest BCUT2D eigenvalue weighted by Crippen LogP contribution is -2.13. The molecule has 142 valence electrons. The highest BCUT2D eigenvalue weighted by Crippen LogP contribution is 2.16. The topological polar surface area (TPSA) is 17.1 Å². The summed E-state index contributed by atoms with van der Waals surface area (Å²) >= 11 is 0. The van der Waals surface area contributed by atoms with E-state index in [4.69, 9.17) is 0 Å². The van der Waals surface area contributed by atoms with Crippen LogP contribution in [0.3, 0.4) is 0 Å². The van der Waals surface area contributed by atoms with Gasteiger partial charge in [-0.15, -0.1) is 0 Å². The largest absolute Gasteiger partial charge is 0.299 e. The Morgan fingerprint density at radius 2 is 1.24 bits per heavy atom. The molecule has 0 saturated heterocycles. The third-order valence-corrected chi connectivity index (χ3v) is 5.26. The first-order chi connectivity index (χ1) is 12.2. The van der Waals surface area contributed by atoms with E-state index in [0.717, 1.165) is 12.0 Å². The van der Waals surface area contributed by atoms with Crippen molar-refractivity contribution in [1.82, 2.24) is 0 Å². The Bertz CT molecular complexity index is 423. The van der Waals surface area contributed by atoms with Crippen molar-refractivity contribution in [2.75, 3.05) is 0 Å². The zero-order chi connectivity index (χ0) is 18.2. The molecule has 1 aromatic carbocycles. The molecule has 0 saturated carbocycles. The summed E-state index contributed by atoms with van der Waals surface area (Å²) in [6.07, 6.45) is 18.2. The molecule has 1 atom stereocenters. The van der Waals surface area contributed by atoms with Crippen molar-refractivity contribution < 1.29 is 4.79 Å². The van der Waals surface area contributed by atoms with Crippen molar-refractivity contribution in [3.05, 3.63) is 35.9 Å².